The molecule has 1 aliphatic rings. The van der Waals surface area contributed by atoms with E-state index in [-0.39, 0.29) is 0 Å². The van der Waals surface area contributed by atoms with Crippen LogP contribution in [0.5, 0.6) is 5.75 Å². The molecule has 0 aliphatic heterocycles. The van der Waals surface area contributed by atoms with Crippen molar-refractivity contribution in [1.29, 1.82) is 0 Å². The zero-order valence-electron chi connectivity index (χ0n) is 12.8. The summed E-state index contributed by atoms with van der Waals surface area (Å²) in [6.07, 6.45) is 2.61. The van der Waals surface area contributed by atoms with Gasteiger partial charge in [0.25, 0.3) is 0 Å². The topological polar surface area (TPSA) is 39.1 Å². The lowest BCUT2D eigenvalue weighted by molar-refractivity contribution is 0.289. The molecule has 1 fully saturated rings. The van der Waals surface area contributed by atoms with E-state index in [1.54, 1.807) is 0 Å². The molecule has 1 aliphatic carbocycles. The third-order valence-electron chi connectivity index (χ3n) is 3.79. The number of nitrogens with one attached hydrogen (secondary N) is 1. The average Bonchev–Trinajstić information content (AvgIpc) is 3.25. The molecule has 1 N–H and O–H groups in total. The minimum absolute atomic E-state index is 0.565. The predicted molar refractivity (Wildman–Crippen MR) is 83.3 cm³/mol. The summed E-state index contributed by atoms with van der Waals surface area (Å²) in [6.45, 7) is 6.44. The summed E-state index contributed by atoms with van der Waals surface area (Å²) >= 11 is 0. The number of aromatic nitrogens is 2. The van der Waals surface area contributed by atoms with Crippen molar-refractivity contribution < 1.29 is 4.74 Å². The maximum absolute atomic E-state index is 6.03. The molecule has 21 heavy (non-hydrogen) atoms. The van der Waals surface area contributed by atoms with Crippen molar-refractivity contribution in [3.05, 3.63) is 47.3 Å². The molecule has 1 aromatic heterocycles. The van der Waals surface area contributed by atoms with Gasteiger partial charge < -0.3 is 10.1 Å². The van der Waals surface area contributed by atoms with E-state index in [1.165, 1.54) is 18.4 Å². The Morgan fingerprint density at radius 2 is 2.14 bits per heavy atom. The van der Waals surface area contributed by atoms with Crippen LogP contribution in [-0.4, -0.2) is 15.8 Å². The van der Waals surface area contributed by atoms with Gasteiger partial charge in [0, 0.05) is 24.7 Å². The van der Waals surface area contributed by atoms with Crippen LogP contribution in [0.15, 0.2) is 30.3 Å². The van der Waals surface area contributed by atoms with Crippen LogP contribution < -0.4 is 10.1 Å². The molecule has 0 atom stereocenters. The number of hydrogen-bond acceptors (Lipinski definition) is 3. The highest BCUT2D eigenvalue weighted by molar-refractivity contribution is 5.33. The lowest BCUT2D eigenvalue weighted by Gasteiger charge is -2.12. The van der Waals surface area contributed by atoms with Crippen LogP contribution in [0, 0.1) is 6.92 Å². The van der Waals surface area contributed by atoms with Gasteiger partial charge in [0.1, 0.15) is 12.4 Å². The highest BCUT2D eigenvalue weighted by Gasteiger charge is 2.20. The van der Waals surface area contributed by atoms with Gasteiger partial charge in [-0.1, -0.05) is 18.2 Å². The fourth-order valence-electron chi connectivity index (χ4n) is 2.47. The van der Waals surface area contributed by atoms with Gasteiger partial charge in [-0.2, -0.15) is 5.10 Å². The molecule has 1 saturated carbocycles. The first-order chi connectivity index (χ1) is 10.3. The van der Waals surface area contributed by atoms with E-state index in [0.717, 1.165) is 30.2 Å². The van der Waals surface area contributed by atoms with Gasteiger partial charge >= 0.3 is 0 Å². The Balaban J connectivity index is 1.66. The second kappa shape index (κ2) is 6.31. The SMILES string of the molecule is CCn1nc(C)cc1COc1ccccc1CNC1CC1. The van der Waals surface area contributed by atoms with E-state index in [9.17, 15) is 0 Å². The molecular weight excluding hydrogens is 262 g/mol. The molecule has 0 saturated heterocycles. The van der Waals surface area contributed by atoms with Crippen molar-refractivity contribution in [2.75, 3.05) is 0 Å². The van der Waals surface area contributed by atoms with Crippen LogP contribution in [0.25, 0.3) is 0 Å². The fraction of sp³-hybridized carbons (Fsp3) is 0.471. The molecule has 1 heterocycles. The van der Waals surface area contributed by atoms with E-state index < -0.39 is 0 Å². The largest absolute Gasteiger partial charge is 0.487 e. The minimum atomic E-state index is 0.565. The Bertz CT molecular complexity index is 602. The van der Waals surface area contributed by atoms with Gasteiger partial charge in [-0.15, -0.1) is 0 Å². The number of ether oxygens (including phenoxy) is 1. The van der Waals surface area contributed by atoms with E-state index in [0.29, 0.717) is 12.6 Å². The lowest BCUT2D eigenvalue weighted by Crippen LogP contribution is -2.16. The van der Waals surface area contributed by atoms with E-state index in [2.05, 4.69) is 35.5 Å². The van der Waals surface area contributed by atoms with Crippen LogP contribution in [0.2, 0.25) is 0 Å². The molecule has 3 rings (SSSR count). The summed E-state index contributed by atoms with van der Waals surface area (Å²) in [5.41, 5.74) is 3.39. The van der Waals surface area contributed by atoms with Crippen molar-refractivity contribution in [3.8, 4) is 5.75 Å². The maximum atomic E-state index is 6.03. The Labute approximate surface area is 126 Å². The predicted octanol–water partition coefficient (Wildman–Crippen LogP) is 3.04. The van der Waals surface area contributed by atoms with Gasteiger partial charge in [0.15, 0.2) is 0 Å². The molecule has 1 aromatic carbocycles. The summed E-state index contributed by atoms with van der Waals surface area (Å²) < 4.78 is 8.03. The Hall–Kier alpha value is -1.81. The normalized spacial score (nSPS) is 14.4. The fourth-order valence-corrected chi connectivity index (χ4v) is 2.47. The van der Waals surface area contributed by atoms with Gasteiger partial charge in [0.2, 0.25) is 0 Å². The van der Waals surface area contributed by atoms with Crippen LogP contribution in [-0.2, 0) is 19.7 Å². The van der Waals surface area contributed by atoms with Gasteiger partial charge in [-0.25, -0.2) is 0 Å². The molecular formula is C17H23N3O. The van der Waals surface area contributed by atoms with Crippen LogP contribution in [0.1, 0.15) is 36.7 Å². The first-order valence-corrected chi connectivity index (χ1v) is 7.73. The summed E-state index contributed by atoms with van der Waals surface area (Å²) in [5.74, 6) is 0.965. The van der Waals surface area contributed by atoms with E-state index >= 15 is 0 Å². The van der Waals surface area contributed by atoms with Gasteiger partial charge in [-0.05, 0) is 38.8 Å². The summed E-state index contributed by atoms with van der Waals surface area (Å²) in [7, 11) is 0. The second-order valence-corrected chi connectivity index (χ2v) is 5.64. The first-order valence-electron chi connectivity index (χ1n) is 7.73. The molecule has 2 aromatic rings. The molecule has 112 valence electrons. The molecule has 0 amide bonds. The summed E-state index contributed by atoms with van der Waals surface area (Å²) in [6, 6.07) is 11.1. The monoisotopic (exact) mass is 285 g/mol. The van der Waals surface area contributed by atoms with Crippen molar-refractivity contribution in [2.45, 2.75) is 52.4 Å². The van der Waals surface area contributed by atoms with Crippen molar-refractivity contribution in [3.63, 3.8) is 0 Å². The molecule has 0 unspecified atom stereocenters. The maximum Gasteiger partial charge on any atom is 0.130 e. The standard InChI is InChI=1S/C17H23N3O/c1-3-20-16(10-13(2)19-20)12-21-17-7-5-4-6-14(17)11-18-15-8-9-15/h4-7,10,15,18H,3,8-9,11-12H2,1-2H3. The average molecular weight is 285 g/mol. The highest BCUT2D eigenvalue weighted by Crippen LogP contribution is 2.23. The smallest absolute Gasteiger partial charge is 0.130 e. The zero-order chi connectivity index (χ0) is 14.7. The minimum Gasteiger partial charge on any atom is -0.487 e. The molecule has 0 spiro atoms. The van der Waals surface area contributed by atoms with Crippen molar-refractivity contribution in [1.82, 2.24) is 15.1 Å². The van der Waals surface area contributed by atoms with Crippen LogP contribution in [0.3, 0.4) is 0 Å². The molecule has 0 bridgehead atoms. The lowest BCUT2D eigenvalue weighted by atomic mass is 10.2. The Kier molecular flexibility index (Phi) is 4.25. The summed E-state index contributed by atoms with van der Waals surface area (Å²) in [5, 5.41) is 8.00. The number of aryl methyl sites for hydroxylation is 2. The third-order valence-corrected chi connectivity index (χ3v) is 3.79. The van der Waals surface area contributed by atoms with Gasteiger partial charge in [0.05, 0.1) is 11.4 Å². The van der Waals surface area contributed by atoms with E-state index in [1.807, 2.05) is 23.7 Å². The molecule has 4 nitrogen and oxygen atoms in total. The number of nitrogens with zero attached hydrogens (tertiary/aromatic N) is 2. The Morgan fingerprint density at radius 3 is 2.90 bits per heavy atom. The Morgan fingerprint density at radius 1 is 1.33 bits per heavy atom. The van der Waals surface area contributed by atoms with Gasteiger partial charge in [-0.3, -0.25) is 4.68 Å². The number of rotatable bonds is 7. The highest BCUT2D eigenvalue weighted by atomic mass is 16.5. The third kappa shape index (κ3) is 3.64. The summed E-state index contributed by atoms with van der Waals surface area (Å²) in [4.78, 5) is 0. The van der Waals surface area contributed by atoms with Crippen LogP contribution >= 0.6 is 0 Å². The van der Waals surface area contributed by atoms with Crippen molar-refractivity contribution >= 4 is 0 Å². The quantitative estimate of drug-likeness (QED) is 0.850. The zero-order valence-corrected chi connectivity index (χ0v) is 12.8. The first kappa shape index (κ1) is 14.1. The number of benzene rings is 1. The van der Waals surface area contributed by atoms with E-state index in [4.69, 9.17) is 4.74 Å². The molecule has 4 heteroatoms. The number of hydrogen-bond donors (Lipinski definition) is 1. The second-order valence-electron chi connectivity index (χ2n) is 5.64. The molecule has 0 radical (unpaired) electrons. The van der Waals surface area contributed by atoms with Crippen LogP contribution in [0.4, 0.5) is 0 Å². The number of para-hydroxylation sites is 1. The van der Waals surface area contributed by atoms with Crippen molar-refractivity contribution in [2.24, 2.45) is 0 Å².